The van der Waals surface area contributed by atoms with Gasteiger partial charge in [-0.25, -0.2) is 9.97 Å². The van der Waals surface area contributed by atoms with Crippen LogP contribution in [-0.4, -0.2) is 15.0 Å². The van der Waals surface area contributed by atoms with Gasteiger partial charge in [-0.2, -0.15) is 0 Å². The number of hydrogen-bond donors (Lipinski definition) is 1. The van der Waals surface area contributed by atoms with Crippen LogP contribution >= 0.6 is 15.9 Å². The smallest absolute Gasteiger partial charge is 0.142 e. The highest BCUT2D eigenvalue weighted by Gasteiger charge is 2.23. The van der Waals surface area contributed by atoms with E-state index in [1.54, 1.807) is 0 Å². The van der Waals surface area contributed by atoms with Gasteiger partial charge in [0.25, 0.3) is 0 Å². The molecule has 1 N–H and O–H groups in total. The third-order valence-electron chi connectivity index (χ3n) is 3.37. The fraction of sp³-hybridized carbons (Fsp3) is 0.500. The molecular weight excluding hydrogens is 266 g/mol. The zero-order valence-electron chi connectivity index (χ0n) is 9.26. The van der Waals surface area contributed by atoms with Crippen molar-refractivity contribution in [1.29, 1.82) is 0 Å². The second-order valence-corrected chi connectivity index (χ2v) is 5.35. The fourth-order valence-electron chi connectivity index (χ4n) is 2.63. The van der Waals surface area contributed by atoms with Crippen molar-refractivity contribution in [2.24, 2.45) is 0 Å². The van der Waals surface area contributed by atoms with Crippen LogP contribution < -0.4 is 0 Å². The summed E-state index contributed by atoms with van der Waals surface area (Å²) in [6.45, 7) is 1.96. The van der Waals surface area contributed by atoms with Gasteiger partial charge in [-0.05, 0) is 35.7 Å². The fourth-order valence-corrected chi connectivity index (χ4v) is 3.14. The van der Waals surface area contributed by atoms with Gasteiger partial charge < -0.3 is 4.98 Å². The predicted octanol–water partition coefficient (Wildman–Crippen LogP) is 3.69. The third kappa shape index (κ3) is 1.56. The van der Waals surface area contributed by atoms with E-state index in [9.17, 15) is 0 Å². The Morgan fingerprint density at radius 2 is 2.06 bits per heavy atom. The lowest BCUT2D eigenvalue weighted by molar-refractivity contribution is 0.698. The predicted molar refractivity (Wildman–Crippen MR) is 67.5 cm³/mol. The standard InChI is InChI=1S/C12H14BrN3/c1-7-15-11(8-4-2-3-5-8)10-9(13)6-14-12(10)16-7/h6,8H,2-5H2,1H3,(H,14,15,16). The molecule has 3 nitrogen and oxygen atoms in total. The second-order valence-electron chi connectivity index (χ2n) is 4.50. The van der Waals surface area contributed by atoms with Crippen LogP contribution in [0.1, 0.15) is 43.1 Å². The molecule has 0 unspecified atom stereocenters. The van der Waals surface area contributed by atoms with E-state index in [1.807, 2.05) is 13.1 Å². The summed E-state index contributed by atoms with van der Waals surface area (Å²) in [5.41, 5.74) is 2.19. The summed E-state index contributed by atoms with van der Waals surface area (Å²) in [5, 5.41) is 1.18. The van der Waals surface area contributed by atoms with Crippen molar-refractivity contribution >= 4 is 27.0 Å². The molecule has 0 amide bonds. The zero-order chi connectivity index (χ0) is 11.1. The van der Waals surface area contributed by atoms with Crippen LogP contribution in [0.25, 0.3) is 11.0 Å². The van der Waals surface area contributed by atoms with Crippen molar-refractivity contribution in [3.8, 4) is 0 Å². The molecule has 4 heteroatoms. The van der Waals surface area contributed by atoms with Gasteiger partial charge in [-0.1, -0.05) is 12.8 Å². The number of H-pyrrole nitrogens is 1. The Labute approximate surface area is 103 Å². The summed E-state index contributed by atoms with van der Waals surface area (Å²) in [6.07, 6.45) is 7.15. The van der Waals surface area contributed by atoms with E-state index in [0.717, 1.165) is 15.9 Å². The average Bonchev–Trinajstić information content (AvgIpc) is 2.87. The zero-order valence-corrected chi connectivity index (χ0v) is 10.8. The summed E-state index contributed by atoms with van der Waals surface area (Å²) in [6, 6.07) is 0. The van der Waals surface area contributed by atoms with Gasteiger partial charge in [0, 0.05) is 16.6 Å². The first kappa shape index (κ1) is 10.3. The highest BCUT2D eigenvalue weighted by Crippen LogP contribution is 2.38. The van der Waals surface area contributed by atoms with Crippen molar-refractivity contribution in [2.45, 2.75) is 38.5 Å². The van der Waals surface area contributed by atoms with E-state index in [0.29, 0.717) is 5.92 Å². The minimum absolute atomic E-state index is 0.622. The van der Waals surface area contributed by atoms with Crippen LogP contribution in [0.15, 0.2) is 10.7 Å². The number of nitrogens with one attached hydrogen (secondary N) is 1. The summed E-state index contributed by atoms with van der Waals surface area (Å²) in [5.74, 6) is 1.49. The van der Waals surface area contributed by atoms with Crippen LogP contribution in [0.2, 0.25) is 0 Å². The number of halogens is 1. The molecule has 0 aromatic carbocycles. The SMILES string of the molecule is Cc1nc(C2CCCC2)c2c(Br)c[nH]c2n1. The molecule has 0 bridgehead atoms. The van der Waals surface area contributed by atoms with Crippen LogP contribution in [-0.2, 0) is 0 Å². The van der Waals surface area contributed by atoms with E-state index in [4.69, 9.17) is 0 Å². The lowest BCUT2D eigenvalue weighted by Crippen LogP contribution is -2.01. The first-order valence-electron chi connectivity index (χ1n) is 5.77. The maximum absolute atomic E-state index is 4.66. The molecule has 0 atom stereocenters. The second kappa shape index (κ2) is 3.84. The molecule has 3 rings (SSSR count). The Morgan fingerprint density at radius 1 is 1.31 bits per heavy atom. The Balaban J connectivity index is 2.23. The van der Waals surface area contributed by atoms with E-state index in [1.165, 1.54) is 36.8 Å². The number of aromatic nitrogens is 3. The first-order valence-corrected chi connectivity index (χ1v) is 6.56. The lowest BCUT2D eigenvalue weighted by Gasteiger charge is -2.10. The van der Waals surface area contributed by atoms with Crippen LogP contribution in [0.4, 0.5) is 0 Å². The van der Waals surface area contributed by atoms with Crippen LogP contribution in [0, 0.1) is 6.92 Å². The number of rotatable bonds is 1. The average molecular weight is 280 g/mol. The minimum atomic E-state index is 0.622. The lowest BCUT2D eigenvalue weighted by atomic mass is 10.0. The first-order chi connectivity index (χ1) is 7.75. The van der Waals surface area contributed by atoms with Crippen molar-refractivity contribution in [1.82, 2.24) is 15.0 Å². The topological polar surface area (TPSA) is 41.6 Å². The molecule has 0 radical (unpaired) electrons. The van der Waals surface area contributed by atoms with Gasteiger partial charge in [0.15, 0.2) is 0 Å². The molecule has 2 heterocycles. The van der Waals surface area contributed by atoms with Gasteiger partial charge >= 0.3 is 0 Å². The Hall–Kier alpha value is -0.900. The van der Waals surface area contributed by atoms with Crippen molar-refractivity contribution in [3.63, 3.8) is 0 Å². The molecule has 0 saturated heterocycles. The number of aromatic amines is 1. The van der Waals surface area contributed by atoms with E-state index in [2.05, 4.69) is 30.9 Å². The maximum atomic E-state index is 4.66. The maximum Gasteiger partial charge on any atom is 0.142 e. The summed E-state index contributed by atoms with van der Waals surface area (Å²) in [4.78, 5) is 12.3. The van der Waals surface area contributed by atoms with Crippen molar-refractivity contribution < 1.29 is 0 Å². The van der Waals surface area contributed by atoms with Crippen LogP contribution in [0.3, 0.4) is 0 Å². The van der Waals surface area contributed by atoms with E-state index in [-0.39, 0.29) is 0 Å². The summed E-state index contributed by atoms with van der Waals surface area (Å²) in [7, 11) is 0. The summed E-state index contributed by atoms with van der Waals surface area (Å²) >= 11 is 3.58. The molecule has 1 aliphatic carbocycles. The van der Waals surface area contributed by atoms with Crippen molar-refractivity contribution in [2.75, 3.05) is 0 Å². The molecule has 1 fully saturated rings. The Kier molecular flexibility index (Phi) is 2.46. The van der Waals surface area contributed by atoms with Gasteiger partial charge in [0.1, 0.15) is 11.5 Å². The molecule has 0 aliphatic heterocycles. The van der Waals surface area contributed by atoms with Gasteiger partial charge in [-0.3, -0.25) is 0 Å². The number of nitrogens with zero attached hydrogens (tertiary/aromatic N) is 2. The Bertz CT molecular complexity index is 526. The largest absolute Gasteiger partial charge is 0.345 e. The monoisotopic (exact) mass is 279 g/mol. The highest BCUT2D eigenvalue weighted by molar-refractivity contribution is 9.10. The molecule has 1 saturated carbocycles. The molecule has 1 aliphatic rings. The highest BCUT2D eigenvalue weighted by atomic mass is 79.9. The molecule has 2 aromatic heterocycles. The molecule has 0 spiro atoms. The minimum Gasteiger partial charge on any atom is -0.345 e. The van der Waals surface area contributed by atoms with Crippen molar-refractivity contribution in [3.05, 3.63) is 22.2 Å². The molecule has 84 valence electrons. The Morgan fingerprint density at radius 3 is 2.81 bits per heavy atom. The number of hydrogen-bond acceptors (Lipinski definition) is 2. The third-order valence-corrected chi connectivity index (χ3v) is 3.99. The van der Waals surface area contributed by atoms with Gasteiger partial charge in [0.05, 0.1) is 11.1 Å². The van der Waals surface area contributed by atoms with Crippen LogP contribution in [0.5, 0.6) is 0 Å². The van der Waals surface area contributed by atoms with E-state index >= 15 is 0 Å². The molecular formula is C12H14BrN3. The van der Waals surface area contributed by atoms with Gasteiger partial charge in [-0.15, -0.1) is 0 Å². The number of aryl methyl sites for hydroxylation is 1. The molecule has 16 heavy (non-hydrogen) atoms. The summed E-state index contributed by atoms with van der Waals surface area (Å²) < 4.78 is 1.09. The van der Waals surface area contributed by atoms with Gasteiger partial charge in [0.2, 0.25) is 0 Å². The normalized spacial score (nSPS) is 17.4. The number of fused-ring (bicyclic) bond motifs is 1. The van der Waals surface area contributed by atoms with E-state index < -0.39 is 0 Å². The quantitative estimate of drug-likeness (QED) is 0.865. The molecule has 2 aromatic rings.